The van der Waals surface area contributed by atoms with E-state index in [4.69, 9.17) is 10.00 Å². The number of aliphatic hydroxyl groups is 1. The summed E-state index contributed by atoms with van der Waals surface area (Å²) in [4.78, 5) is 4.24. The molecule has 0 atom stereocenters. The zero-order valence-electron chi connectivity index (χ0n) is 16.0. The predicted octanol–water partition coefficient (Wildman–Crippen LogP) is 4.49. The van der Waals surface area contributed by atoms with Crippen LogP contribution in [0, 0.1) is 24.1 Å². The van der Waals surface area contributed by atoms with Gasteiger partial charge < -0.3 is 9.84 Å². The number of nitrogens with zero attached hydrogens (tertiary/aromatic N) is 3. The van der Waals surface area contributed by atoms with Gasteiger partial charge in [0.15, 0.2) is 0 Å². The number of rotatable bonds is 4. The lowest BCUT2D eigenvalue weighted by Gasteiger charge is -2.17. The molecule has 5 nitrogen and oxygen atoms in total. The molecule has 0 aliphatic heterocycles. The minimum atomic E-state index is -0.461. The van der Waals surface area contributed by atoms with Gasteiger partial charge in [-0.2, -0.15) is 5.26 Å². The first-order valence-electron chi connectivity index (χ1n) is 9.01. The zero-order chi connectivity index (χ0) is 20.5. The minimum absolute atomic E-state index is 0.282. The molecule has 2 aromatic carbocycles. The number of halogens is 1. The Morgan fingerprint density at radius 1 is 1.17 bits per heavy atom. The highest BCUT2D eigenvalue weighted by Gasteiger charge is 2.18. The van der Waals surface area contributed by atoms with Crippen molar-refractivity contribution in [2.45, 2.75) is 13.5 Å². The van der Waals surface area contributed by atoms with Crippen molar-refractivity contribution in [3.63, 3.8) is 0 Å². The third-order valence-electron chi connectivity index (χ3n) is 5.06. The van der Waals surface area contributed by atoms with Gasteiger partial charge in [0.05, 0.1) is 43.6 Å². The minimum Gasteiger partial charge on any atom is -0.494 e. The van der Waals surface area contributed by atoms with Crippen molar-refractivity contribution in [3.05, 3.63) is 77.5 Å². The second kappa shape index (κ2) is 7.38. The largest absolute Gasteiger partial charge is 0.494 e. The highest BCUT2D eigenvalue weighted by molar-refractivity contribution is 5.86. The molecular weight excluding hydrogens is 369 g/mol. The summed E-state index contributed by atoms with van der Waals surface area (Å²) in [6.07, 6.45) is 3.35. The monoisotopic (exact) mass is 387 g/mol. The van der Waals surface area contributed by atoms with Gasteiger partial charge in [0.2, 0.25) is 0 Å². The molecule has 4 aromatic rings. The first-order chi connectivity index (χ1) is 14.1. The van der Waals surface area contributed by atoms with Crippen LogP contribution < -0.4 is 4.74 Å². The summed E-state index contributed by atoms with van der Waals surface area (Å²) in [6.45, 7) is 1.41. The number of ether oxygens (including phenoxy) is 1. The van der Waals surface area contributed by atoms with Gasteiger partial charge in [0, 0.05) is 16.7 Å². The van der Waals surface area contributed by atoms with Crippen LogP contribution in [0.1, 0.15) is 16.7 Å². The molecule has 0 saturated carbocycles. The Labute approximate surface area is 167 Å². The molecule has 0 aliphatic rings. The molecule has 6 heteroatoms. The van der Waals surface area contributed by atoms with Gasteiger partial charge in [-0.05, 0) is 48.4 Å². The van der Waals surface area contributed by atoms with Gasteiger partial charge in [0.1, 0.15) is 17.1 Å². The Morgan fingerprint density at radius 3 is 2.55 bits per heavy atom. The van der Waals surface area contributed by atoms with Gasteiger partial charge in [-0.25, -0.2) is 9.37 Å². The van der Waals surface area contributed by atoms with Crippen LogP contribution in [0.2, 0.25) is 0 Å². The van der Waals surface area contributed by atoms with E-state index >= 15 is 0 Å². The molecule has 0 saturated heterocycles. The summed E-state index contributed by atoms with van der Waals surface area (Å²) in [5.41, 5.74) is 5.33. The Bertz CT molecular complexity index is 1230. The van der Waals surface area contributed by atoms with E-state index in [0.717, 1.165) is 22.3 Å². The van der Waals surface area contributed by atoms with Crippen molar-refractivity contribution in [2.75, 3.05) is 7.11 Å². The molecule has 0 bridgehead atoms. The van der Waals surface area contributed by atoms with E-state index in [1.54, 1.807) is 38.7 Å². The number of imidazole rings is 1. The van der Waals surface area contributed by atoms with E-state index in [1.165, 1.54) is 6.07 Å². The summed E-state index contributed by atoms with van der Waals surface area (Å²) < 4.78 is 22.1. The van der Waals surface area contributed by atoms with Crippen LogP contribution in [0.3, 0.4) is 0 Å². The van der Waals surface area contributed by atoms with Crippen molar-refractivity contribution >= 4 is 5.52 Å². The number of methoxy groups -OCH3 is 1. The van der Waals surface area contributed by atoms with E-state index in [0.29, 0.717) is 22.4 Å². The van der Waals surface area contributed by atoms with Crippen molar-refractivity contribution in [2.24, 2.45) is 0 Å². The zero-order valence-corrected chi connectivity index (χ0v) is 16.0. The molecule has 4 rings (SSSR count). The lowest BCUT2D eigenvalue weighted by atomic mass is 9.95. The number of nitriles is 1. The van der Waals surface area contributed by atoms with Gasteiger partial charge >= 0.3 is 0 Å². The Morgan fingerprint density at radius 2 is 1.93 bits per heavy atom. The topological polar surface area (TPSA) is 70.5 Å². The van der Waals surface area contributed by atoms with Crippen LogP contribution in [-0.2, 0) is 6.61 Å². The summed E-state index contributed by atoms with van der Waals surface area (Å²) in [5, 5.41) is 18.5. The molecule has 29 heavy (non-hydrogen) atoms. The van der Waals surface area contributed by atoms with Crippen LogP contribution in [0.5, 0.6) is 5.75 Å². The second-order valence-corrected chi connectivity index (χ2v) is 6.72. The van der Waals surface area contributed by atoms with Gasteiger partial charge in [0.25, 0.3) is 0 Å². The molecule has 1 N–H and O–H groups in total. The average Bonchev–Trinajstić information content (AvgIpc) is 3.22. The number of fused-ring (bicyclic) bond motifs is 1. The SMILES string of the molecule is COc1cc(-c2ccc(C#N)cc2)c(-c2cc(C)c(CO)c(F)c2)n2cncc12. The van der Waals surface area contributed by atoms with Gasteiger partial charge in [-0.3, -0.25) is 4.40 Å². The quantitative estimate of drug-likeness (QED) is 0.560. The summed E-state index contributed by atoms with van der Waals surface area (Å²) in [7, 11) is 1.59. The number of pyridine rings is 1. The number of hydrogen-bond acceptors (Lipinski definition) is 4. The summed E-state index contributed by atoms with van der Waals surface area (Å²) in [5.74, 6) is 0.173. The number of aryl methyl sites for hydroxylation is 1. The van der Waals surface area contributed by atoms with E-state index < -0.39 is 5.82 Å². The Hall–Kier alpha value is -3.69. The predicted molar refractivity (Wildman–Crippen MR) is 108 cm³/mol. The van der Waals surface area contributed by atoms with Gasteiger partial charge in [-0.15, -0.1) is 0 Å². The summed E-state index contributed by atoms with van der Waals surface area (Å²) in [6, 6.07) is 14.5. The summed E-state index contributed by atoms with van der Waals surface area (Å²) >= 11 is 0. The van der Waals surface area contributed by atoms with Crippen LogP contribution >= 0.6 is 0 Å². The first-order valence-corrected chi connectivity index (χ1v) is 9.01. The number of aliphatic hydroxyl groups excluding tert-OH is 1. The Balaban J connectivity index is 2.06. The molecule has 0 unspecified atom stereocenters. The molecule has 0 spiro atoms. The highest BCUT2D eigenvalue weighted by Crippen LogP contribution is 2.38. The van der Waals surface area contributed by atoms with E-state index in [-0.39, 0.29) is 12.2 Å². The Kier molecular flexibility index (Phi) is 4.75. The number of hydrogen-bond donors (Lipinski definition) is 1. The first kappa shape index (κ1) is 18.7. The fraction of sp³-hybridized carbons (Fsp3) is 0.130. The molecule has 2 aromatic heterocycles. The lowest BCUT2D eigenvalue weighted by Crippen LogP contribution is -2.01. The van der Waals surface area contributed by atoms with Crippen LogP contribution in [0.4, 0.5) is 4.39 Å². The molecule has 0 radical (unpaired) electrons. The lowest BCUT2D eigenvalue weighted by molar-refractivity contribution is 0.275. The van der Waals surface area contributed by atoms with E-state index in [1.807, 2.05) is 28.7 Å². The molecule has 144 valence electrons. The maximum Gasteiger partial charge on any atom is 0.145 e. The van der Waals surface area contributed by atoms with Crippen molar-refractivity contribution in [1.29, 1.82) is 5.26 Å². The number of aromatic nitrogens is 2. The maximum absolute atomic E-state index is 14.7. The van der Waals surface area contributed by atoms with E-state index in [2.05, 4.69) is 11.1 Å². The molecule has 0 aliphatic carbocycles. The third-order valence-corrected chi connectivity index (χ3v) is 5.06. The van der Waals surface area contributed by atoms with Crippen LogP contribution in [0.25, 0.3) is 27.9 Å². The van der Waals surface area contributed by atoms with Crippen molar-refractivity contribution in [1.82, 2.24) is 9.38 Å². The molecule has 0 amide bonds. The average molecular weight is 387 g/mol. The van der Waals surface area contributed by atoms with Crippen molar-refractivity contribution < 1.29 is 14.2 Å². The van der Waals surface area contributed by atoms with E-state index in [9.17, 15) is 9.50 Å². The highest BCUT2D eigenvalue weighted by atomic mass is 19.1. The van der Waals surface area contributed by atoms with Crippen molar-refractivity contribution in [3.8, 4) is 34.2 Å². The fourth-order valence-electron chi connectivity index (χ4n) is 3.57. The number of benzene rings is 2. The fourth-order valence-corrected chi connectivity index (χ4v) is 3.57. The molecule has 2 heterocycles. The second-order valence-electron chi connectivity index (χ2n) is 6.72. The third kappa shape index (κ3) is 3.12. The van der Waals surface area contributed by atoms with Crippen LogP contribution in [0.15, 0.2) is 55.0 Å². The maximum atomic E-state index is 14.7. The standard InChI is InChI=1S/C23H18FN3O2/c1-14-7-17(8-20(24)19(14)12-28)23-18(16-5-3-15(10-25)4-6-16)9-22(29-2)21-11-26-13-27(21)23/h3-9,11,13,28H,12H2,1-2H3. The van der Waals surface area contributed by atoms with Crippen LogP contribution in [-0.4, -0.2) is 21.6 Å². The smallest absolute Gasteiger partial charge is 0.145 e. The van der Waals surface area contributed by atoms with Gasteiger partial charge in [-0.1, -0.05) is 12.1 Å². The molecular formula is C23H18FN3O2. The molecule has 0 fully saturated rings. The normalized spacial score (nSPS) is 10.9.